The number of amides is 1. The number of thiocarbonyl (C=S) groups is 1. The lowest BCUT2D eigenvalue weighted by atomic mass is 9.87. The molecule has 1 saturated carbocycles. The molecule has 1 aromatic rings. The minimum Gasteiger partial charge on any atom is -0.474 e. The van der Waals surface area contributed by atoms with Gasteiger partial charge in [-0.3, -0.25) is 10.2 Å². The lowest BCUT2D eigenvalue weighted by Crippen LogP contribution is -2.38. The Balaban J connectivity index is 0.000000612. The number of hydrazine groups is 1. The Labute approximate surface area is 123 Å². The van der Waals surface area contributed by atoms with Crippen LogP contribution in [0.5, 0.6) is 5.88 Å². The van der Waals surface area contributed by atoms with Gasteiger partial charge < -0.3 is 4.74 Å². The minimum absolute atomic E-state index is 0.0311. The molecule has 4 N–H and O–H groups in total. The highest BCUT2D eigenvalue weighted by molar-refractivity contribution is 7.78. The van der Waals surface area contributed by atoms with Crippen molar-refractivity contribution in [1.29, 1.82) is 5.41 Å². The fraction of sp³-hybridized carbons (Fsp3) is 0.462. The van der Waals surface area contributed by atoms with Gasteiger partial charge in [0.15, 0.2) is 0 Å². The molecule has 0 aliphatic heterocycles. The smallest absolute Gasteiger partial charge is 0.236 e. The third-order valence-electron chi connectivity index (χ3n) is 3.11. The van der Waals surface area contributed by atoms with E-state index < -0.39 is 0 Å². The fourth-order valence-corrected chi connectivity index (χ4v) is 2.15. The molecule has 1 aliphatic rings. The summed E-state index contributed by atoms with van der Waals surface area (Å²) in [5.74, 6) is 5.74. The van der Waals surface area contributed by atoms with Crippen molar-refractivity contribution >= 4 is 23.3 Å². The SMILES string of the molecule is N=C=S.NNC(=O)[C@H]1CC[C@H](Oc2ccccn2)CC1. The molecule has 1 fully saturated rings. The topological polar surface area (TPSA) is 101 Å². The van der Waals surface area contributed by atoms with Crippen LogP contribution in [0, 0.1) is 11.3 Å². The molecule has 1 amide bonds. The average molecular weight is 294 g/mol. The number of rotatable bonds is 3. The zero-order valence-corrected chi connectivity index (χ0v) is 11.9. The molecule has 1 aliphatic carbocycles. The Kier molecular flexibility index (Phi) is 7.42. The third-order valence-corrected chi connectivity index (χ3v) is 3.11. The molecule has 20 heavy (non-hydrogen) atoms. The summed E-state index contributed by atoms with van der Waals surface area (Å²) in [6.45, 7) is 0. The summed E-state index contributed by atoms with van der Waals surface area (Å²) in [7, 11) is 0. The van der Waals surface area contributed by atoms with Crippen molar-refractivity contribution in [2.24, 2.45) is 11.8 Å². The predicted octanol–water partition coefficient (Wildman–Crippen LogP) is 1.68. The van der Waals surface area contributed by atoms with Crippen molar-refractivity contribution in [3.8, 4) is 5.88 Å². The second-order valence-electron chi connectivity index (χ2n) is 4.37. The molecule has 1 aromatic heterocycles. The highest BCUT2D eigenvalue weighted by atomic mass is 32.1. The van der Waals surface area contributed by atoms with E-state index >= 15 is 0 Å². The van der Waals surface area contributed by atoms with Crippen molar-refractivity contribution in [1.82, 2.24) is 10.4 Å². The van der Waals surface area contributed by atoms with Gasteiger partial charge in [-0.05, 0) is 44.0 Å². The van der Waals surface area contributed by atoms with Crippen LogP contribution in [0.25, 0.3) is 0 Å². The van der Waals surface area contributed by atoms with Crippen LogP contribution >= 0.6 is 12.2 Å². The first kappa shape index (κ1) is 16.2. The Hall–Kier alpha value is -1.82. The number of hydrogen-bond donors (Lipinski definition) is 3. The molecule has 0 bridgehead atoms. The van der Waals surface area contributed by atoms with E-state index in [0.29, 0.717) is 5.88 Å². The third kappa shape index (κ3) is 5.44. The van der Waals surface area contributed by atoms with Gasteiger partial charge in [-0.2, -0.15) is 0 Å². The van der Waals surface area contributed by atoms with Gasteiger partial charge in [0.05, 0.1) is 5.16 Å². The van der Waals surface area contributed by atoms with Gasteiger partial charge in [0, 0.05) is 18.2 Å². The Morgan fingerprint density at radius 1 is 1.45 bits per heavy atom. The molecular formula is C13H18N4O2S. The molecular weight excluding hydrogens is 276 g/mol. The van der Waals surface area contributed by atoms with Crippen molar-refractivity contribution in [2.45, 2.75) is 31.8 Å². The summed E-state index contributed by atoms with van der Waals surface area (Å²) in [4.78, 5) is 15.5. The standard InChI is InChI=1S/C12H17N3O2.CHNS/c13-15-12(16)9-4-6-10(7-5-9)17-11-3-1-2-8-14-11;2-1-3/h1-3,8-10H,4-7,13H2,(H,15,16);2H/t9-,10-;. The largest absolute Gasteiger partial charge is 0.474 e. The molecule has 108 valence electrons. The van der Waals surface area contributed by atoms with Crippen molar-refractivity contribution in [2.75, 3.05) is 0 Å². The van der Waals surface area contributed by atoms with E-state index in [2.05, 4.69) is 22.6 Å². The molecule has 6 nitrogen and oxygen atoms in total. The van der Waals surface area contributed by atoms with Crippen LogP contribution in [-0.4, -0.2) is 22.2 Å². The van der Waals surface area contributed by atoms with Crippen LogP contribution in [-0.2, 0) is 4.79 Å². The molecule has 0 unspecified atom stereocenters. The summed E-state index contributed by atoms with van der Waals surface area (Å²) in [6.07, 6.45) is 5.25. The maximum atomic E-state index is 11.3. The van der Waals surface area contributed by atoms with Gasteiger partial charge in [-0.1, -0.05) is 6.07 Å². The van der Waals surface area contributed by atoms with E-state index in [9.17, 15) is 4.79 Å². The number of nitrogens with two attached hydrogens (primary N) is 1. The number of hydrogen-bond acceptors (Lipinski definition) is 6. The van der Waals surface area contributed by atoms with Crippen LogP contribution in [0.3, 0.4) is 0 Å². The number of nitrogens with one attached hydrogen (secondary N) is 2. The summed E-state index contributed by atoms with van der Waals surface area (Å²) >= 11 is 3.81. The molecule has 0 radical (unpaired) electrons. The maximum Gasteiger partial charge on any atom is 0.236 e. The predicted molar refractivity (Wildman–Crippen MR) is 78.3 cm³/mol. The summed E-state index contributed by atoms with van der Waals surface area (Å²) in [5, 5.41) is 7.36. The lowest BCUT2D eigenvalue weighted by Gasteiger charge is -2.27. The number of isothiocyanates is 1. The van der Waals surface area contributed by atoms with E-state index in [-0.39, 0.29) is 17.9 Å². The van der Waals surface area contributed by atoms with Crippen LogP contribution < -0.4 is 16.0 Å². The second kappa shape index (κ2) is 9.14. The number of carbonyl (C=O) groups is 1. The molecule has 1 heterocycles. The molecule has 0 atom stereocenters. The maximum absolute atomic E-state index is 11.3. The van der Waals surface area contributed by atoms with E-state index in [1.807, 2.05) is 18.2 Å². The summed E-state index contributed by atoms with van der Waals surface area (Å²) in [5.41, 5.74) is 2.21. The van der Waals surface area contributed by atoms with Crippen molar-refractivity contribution in [3.05, 3.63) is 24.4 Å². The second-order valence-corrected chi connectivity index (χ2v) is 4.57. The molecule has 2 rings (SSSR count). The number of aromatic nitrogens is 1. The zero-order valence-electron chi connectivity index (χ0n) is 11.0. The van der Waals surface area contributed by atoms with Crippen molar-refractivity contribution in [3.63, 3.8) is 0 Å². The van der Waals surface area contributed by atoms with Crippen LogP contribution in [0.4, 0.5) is 0 Å². The zero-order chi connectivity index (χ0) is 14.8. The average Bonchev–Trinajstić information content (AvgIpc) is 2.49. The van der Waals surface area contributed by atoms with E-state index in [1.54, 1.807) is 11.4 Å². The summed E-state index contributed by atoms with van der Waals surface area (Å²) < 4.78 is 5.74. The van der Waals surface area contributed by atoms with Gasteiger partial charge in [-0.25, -0.2) is 16.2 Å². The first-order valence-electron chi connectivity index (χ1n) is 6.33. The molecule has 0 spiro atoms. The Morgan fingerprint density at radius 2 is 2.10 bits per heavy atom. The molecule has 7 heteroatoms. The number of nitrogens with zero attached hydrogens (tertiary/aromatic N) is 1. The van der Waals surface area contributed by atoms with Gasteiger partial charge in [-0.15, -0.1) is 0 Å². The summed E-state index contributed by atoms with van der Waals surface area (Å²) in [6, 6.07) is 5.60. The van der Waals surface area contributed by atoms with Crippen molar-refractivity contribution < 1.29 is 9.53 Å². The number of carbonyl (C=O) groups excluding carboxylic acids is 1. The first-order chi connectivity index (χ1) is 9.71. The quantitative estimate of drug-likeness (QED) is 0.259. The number of pyridine rings is 1. The fourth-order valence-electron chi connectivity index (χ4n) is 2.15. The van der Waals surface area contributed by atoms with E-state index in [0.717, 1.165) is 25.7 Å². The van der Waals surface area contributed by atoms with E-state index in [4.69, 9.17) is 16.0 Å². The number of ether oxygens (including phenoxy) is 1. The molecule has 0 saturated heterocycles. The highest BCUT2D eigenvalue weighted by Crippen LogP contribution is 2.26. The van der Waals surface area contributed by atoms with Gasteiger partial charge in [0.2, 0.25) is 11.8 Å². The van der Waals surface area contributed by atoms with E-state index in [1.165, 1.54) is 0 Å². The van der Waals surface area contributed by atoms with Crippen LogP contribution in [0.2, 0.25) is 0 Å². The minimum atomic E-state index is -0.0683. The first-order valence-corrected chi connectivity index (χ1v) is 6.74. The molecule has 0 aromatic carbocycles. The van der Waals surface area contributed by atoms with Gasteiger partial charge >= 0.3 is 0 Å². The lowest BCUT2D eigenvalue weighted by molar-refractivity contribution is -0.126. The highest BCUT2D eigenvalue weighted by Gasteiger charge is 2.26. The Bertz CT molecular complexity index is 441. The van der Waals surface area contributed by atoms with Gasteiger partial charge in [0.25, 0.3) is 0 Å². The van der Waals surface area contributed by atoms with Crippen LogP contribution in [0.1, 0.15) is 25.7 Å². The normalized spacial score (nSPS) is 20.9. The van der Waals surface area contributed by atoms with Gasteiger partial charge in [0.1, 0.15) is 6.10 Å². The van der Waals surface area contributed by atoms with Crippen LogP contribution in [0.15, 0.2) is 24.4 Å². The monoisotopic (exact) mass is 294 g/mol. The Morgan fingerprint density at radius 3 is 2.60 bits per heavy atom.